The number of rotatable bonds is 6. The fourth-order valence-electron chi connectivity index (χ4n) is 2.18. The van der Waals surface area contributed by atoms with Crippen LogP contribution in [-0.2, 0) is 6.42 Å². The molecule has 0 fully saturated rings. The van der Waals surface area contributed by atoms with Crippen LogP contribution < -0.4 is 5.32 Å². The second kappa shape index (κ2) is 6.91. The van der Waals surface area contributed by atoms with E-state index in [0.29, 0.717) is 6.42 Å². The second-order valence-corrected chi connectivity index (χ2v) is 5.36. The maximum atomic E-state index is 13.5. The molecule has 0 aliphatic rings. The Morgan fingerprint density at radius 2 is 2.15 bits per heavy atom. The molecule has 0 aliphatic carbocycles. The monoisotopic (exact) mass is 295 g/mol. The molecule has 0 saturated heterocycles. The Bertz CT molecular complexity index is 567. The Labute approximate surface area is 123 Å². The number of benzene rings is 1. The van der Waals surface area contributed by atoms with Gasteiger partial charge in [-0.3, -0.25) is 0 Å². The summed E-state index contributed by atoms with van der Waals surface area (Å²) in [6.07, 6.45) is 3.50. The van der Waals surface area contributed by atoms with Crippen LogP contribution >= 0.6 is 11.6 Å². The summed E-state index contributed by atoms with van der Waals surface area (Å²) < 4.78 is 18.9. The molecule has 2 aromatic rings. The molecule has 2 rings (SSSR count). The minimum absolute atomic E-state index is 0.118. The van der Waals surface area contributed by atoms with Crippen molar-refractivity contribution in [3.63, 3.8) is 0 Å². The lowest BCUT2D eigenvalue weighted by Crippen LogP contribution is -2.23. The smallest absolute Gasteiger partial charge is 0.142 e. The molecule has 108 valence electrons. The summed E-state index contributed by atoms with van der Waals surface area (Å²) in [4.78, 5) is 0. The van der Waals surface area contributed by atoms with E-state index < -0.39 is 0 Å². The van der Waals surface area contributed by atoms with E-state index in [4.69, 9.17) is 16.0 Å². The number of nitrogens with one attached hydrogen (secondary N) is 1. The number of aryl methyl sites for hydroxylation is 1. The third-order valence-corrected chi connectivity index (χ3v) is 3.52. The summed E-state index contributed by atoms with van der Waals surface area (Å²) in [6.45, 7) is 4.94. The van der Waals surface area contributed by atoms with E-state index in [1.165, 1.54) is 6.07 Å². The van der Waals surface area contributed by atoms with Crippen molar-refractivity contribution in [2.75, 3.05) is 6.54 Å². The maximum absolute atomic E-state index is 13.5. The van der Waals surface area contributed by atoms with E-state index >= 15 is 0 Å². The molecule has 1 aromatic heterocycles. The van der Waals surface area contributed by atoms with E-state index in [-0.39, 0.29) is 16.9 Å². The molecule has 1 aromatic carbocycles. The van der Waals surface area contributed by atoms with Crippen LogP contribution in [0.2, 0.25) is 5.02 Å². The van der Waals surface area contributed by atoms with E-state index in [2.05, 4.69) is 12.2 Å². The van der Waals surface area contributed by atoms with Gasteiger partial charge < -0.3 is 9.73 Å². The molecular weight excluding hydrogens is 277 g/mol. The number of hydrogen-bond acceptors (Lipinski definition) is 2. The highest BCUT2D eigenvalue weighted by Gasteiger charge is 2.14. The minimum Gasteiger partial charge on any atom is -0.469 e. The maximum Gasteiger partial charge on any atom is 0.142 e. The Morgan fingerprint density at radius 3 is 2.75 bits per heavy atom. The van der Waals surface area contributed by atoms with Crippen molar-refractivity contribution in [3.05, 3.63) is 58.3 Å². The van der Waals surface area contributed by atoms with Gasteiger partial charge in [-0.2, -0.15) is 0 Å². The Balaban J connectivity index is 2.16. The first-order valence-corrected chi connectivity index (χ1v) is 7.20. The van der Waals surface area contributed by atoms with E-state index in [0.717, 1.165) is 29.9 Å². The summed E-state index contributed by atoms with van der Waals surface area (Å²) in [5.74, 6) is 0.507. The van der Waals surface area contributed by atoms with Crippen LogP contribution in [0.15, 0.2) is 34.9 Å². The molecule has 1 atom stereocenters. The molecule has 0 aliphatic heterocycles. The van der Waals surface area contributed by atoms with Gasteiger partial charge in [0.25, 0.3) is 0 Å². The summed E-state index contributed by atoms with van der Waals surface area (Å²) >= 11 is 5.72. The fourth-order valence-corrected chi connectivity index (χ4v) is 2.29. The SMILES string of the molecule is CCCNC(Cc1ccc(Cl)c(F)c1)c1coc(C)c1. The highest BCUT2D eigenvalue weighted by molar-refractivity contribution is 6.30. The normalized spacial score (nSPS) is 12.6. The molecule has 0 amide bonds. The standard InChI is InChI=1S/C16H19ClFNO/c1-3-6-19-16(13-7-11(2)20-10-13)9-12-4-5-14(17)15(18)8-12/h4-5,7-8,10,16,19H,3,6,9H2,1-2H3. The molecule has 1 heterocycles. The summed E-state index contributed by atoms with van der Waals surface area (Å²) in [5, 5.41) is 3.62. The van der Waals surface area contributed by atoms with Gasteiger partial charge in [0.1, 0.15) is 11.6 Å². The first kappa shape index (κ1) is 15.1. The Morgan fingerprint density at radius 1 is 1.35 bits per heavy atom. The van der Waals surface area contributed by atoms with Crippen molar-refractivity contribution >= 4 is 11.6 Å². The predicted octanol–water partition coefficient (Wildman–Crippen LogP) is 4.66. The van der Waals surface area contributed by atoms with E-state index in [1.807, 2.05) is 19.1 Å². The zero-order valence-electron chi connectivity index (χ0n) is 11.7. The van der Waals surface area contributed by atoms with Crippen molar-refractivity contribution < 1.29 is 8.81 Å². The van der Waals surface area contributed by atoms with Gasteiger partial charge in [-0.05, 0) is 50.1 Å². The van der Waals surface area contributed by atoms with Crippen LogP contribution in [0.25, 0.3) is 0 Å². The van der Waals surface area contributed by atoms with Gasteiger partial charge in [-0.25, -0.2) is 4.39 Å². The second-order valence-electron chi connectivity index (χ2n) is 4.95. The fraction of sp³-hybridized carbons (Fsp3) is 0.375. The lowest BCUT2D eigenvalue weighted by molar-refractivity contribution is 0.502. The van der Waals surface area contributed by atoms with Gasteiger partial charge >= 0.3 is 0 Å². The number of halogens is 2. The number of furan rings is 1. The molecule has 0 bridgehead atoms. The average Bonchev–Trinajstić information content (AvgIpc) is 2.85. The zero-order chi connectivity index (χ0) is 14.5. The van der Waals surface area contributed by atoms with Crippen LogP contribution in [0, 0.1) is 12.7 Å². The molecule has 20 heavy (non-hydrogen) atoms. The van der Waals surface area contributed by atoms with Crippen LogP contribution in [-0.4, -0.2) is 6.54 Å². The highest BCUT2D eigenvalue weighted by atomic mass is 35.5. The molecular formula is C16H19ClFNO. The topological polar surface area (TPSA) is 25.2 Å². The molecule has 4 heteroatoms. The van der Waals surface area contributed by atoms with E-state index in [9.17, 15) is 4.39 Å². The van der Waals surface area contributed by atoms with Crippen LogP contribution in [0.5, 0.6) is 0 Å². The first-order chi connectivity index (χ1) is 9.60. The Kier molecular flexibility index (Phi) is 5.21. The van der Waals surface area contributed by atoms with Crippen LogP contribution in [0.1, 0.15) is 36.3 Å². The summed E-state index contributed by atoms with van der Waals surface area (Å²) in [6, 6.07) is 7.09. The van der Waals surface area contributed by atoms with Crippen molar-refractivity contribution in [2.45, 2.75) is 32.7 Å². The van der Waals surface area contributed by atoms with Gasteiger partial charge in [0, 0.05) is 11.6 Å². The average molecular weight is 296 g/mol. The van der Waals surface area contributed by atoms with Gasteiger partial charge in [0.05, 0.1) is 11.3 Å². The molecule has 1 N–H and O–H groups in total. The van der Waals surface area contributed by atoms with Crippen LogP contribution in [0.4, 0.5) is 4.39 Å². The third kappa shape index (κ3) is 3.84. The molecule has 0 spiro atoms. The Hall–Kier alpha value is -1.32. The van der Waals surface area contributed by atoms with Crippen LogP contribution in [0.3, 0.4) is 0 Å². The molecule has 0 radical (unpaired) electrons. The van der Waals surface area contributed by atoms with E-state index in [1.54, 1.807) is 12.3 Å². The minimum atomic E-state index is -0.373. The predicted molar refractivity (Wildman–Crippen MR) is 79.6 cm³/mol. The third-order valence-electron chi connectivity index (χ3n) is 3.22. The molecule has 1 unspecified atom stereocenters. The summed E-state index contributed by atoms with van der Waals surface area (Å²) in [5.41, 5.74) is 2.01. The van der Waals surface area contributed by atoms with Crippen molar-refractivity contribution in [3.8, 4) is 0 Å². The van der Waals surface area contributed by atoms with Gasteiger partial charge in [-0.1, -0.05) is 24.6 Å². The lowest BCUT2D eigenvalue weighted by Gasteiger charge is -2.17. The summed E-state index contributed by atoms with van der Waals surface area (Å²) in [7, 11) is 0. The van der Waals surface area contributed by atoms with Gasteiger partial charge in [0.15, 0.2) is 0 Å². The van der Waals surface area contributed by atoms with Crippen molar-refractivity contribution in [2.24, 2.45) is 0 Å². The van der Waals surface area contributed by atoms with Gasteiger partial charge in [0.2, 0.25) is 0 Å². The highest BCUT2D eigenvalue weighted by Crippen LogP contribution is 2.23. The lowest BCUT2D eigenvalue weighted by atomic mass is 10.0. The van der Waals surface area contributed by atoms with Gasteiger partial charge in [-0.15, -0.1) is 0 Å². The quantitative estimate of drug-likeness (QED) is 0.838. The largest absolute Gasteiger partial charge is 0.469 e. The molecule has 0 saturated carbocycles. The zero-order valence-corrected chi connectivity index (χ0v) is 12.5. The van der Waals surface area contributed by atoms with Crippen molar-refractivity contribution in [1.82, 2.24) is 5.32 Å². The number of hydrogen-bond donors (Lipinski definition) is 1. The van der Waals surface area contributed by atoms with Crippen molar-refractivity contribution in [1.29, 1.82) is 0 Å². The molecule has 2 nitrogen and oxygen atoms in total. The first-order valence-electron chi connectivity index (χ1n) is 6.82.